The van der Waals surface area contributed by atoms with E-state index in [1.54, 1.807) is 14.2 Å². The monoisotopic (exact) mass is 297 g/mol. The van der Waals surface area contributed by atoms with E-state index in [4.69, 9.17) is 14.2 Å². The molecule has 1 aliphatic rings. The Hall–Kier alpha value is -2.17. The zero-order valence-corrected chi connectivity index (χ0v) is 12.9. The van der Waals surface area contributed by atoms with E-state index in [2.05, 4.69) is 4.99 Å². The van der Waals surface area contributed by atoms with Crippen LogP contribution in [0.2, 0.25) is 0 Å². The van der Waals surface area contributed by atoms with Crippen molar-refractivity contribution >= 4 is 5.90 Å². The van der Waals surface area contributed by atoms with Crippen molar-refractivity contribution in [1.82, 2.24) is 0 Å². The van der Waals surface area contributed by atoms with Crippen molar-refractivity contribution in [2.24, 2.45) is 4.99 Å². The predicted molar refractivity (Wildman–Crippen MR) is 84.6 cm³/mol. The van der Waals surface area contributed by atoms with Gasteiger partial charge in [0.1, 0.15) is 0 Å². The van der Waals surface area contributed by atoms with E-state index in [0.717, 1.165) is 11.1 Å². The van der Waals surface area contributed by atoms with Crippen LogP contribution in [-0.2, 0) is 20.0 Å². The Morgan fingerprint density at radius 3 is 2.00 bits per heavy atom. The van der Waals surface area contributed by atoms with Crippen LogP contribution in [0.4, 0.5) is 0 Å². The molecule has 0 fully saturated rings. The van der Waals surface area contributed by atoms with Gasteiger partial charge in [-0.15, -0.1) is 0 Å². The number of hydrogen-bond acceptors (Lipinski definition) is 4. The lowest BCUT2D eigenvalue weighted by Gasteiger charge is -2.37. The fourth-order valence-electron chi connectivity index (χ4n) is 2.74. The highest BCUT2D eigenvalue weighted by Crippen LogP contribution is 2.46. The number of rotatable bonds is 4. The first-order valence-corrected chi connectivity index (χ1v) is 7.15. The summed E-state index contributed by atoms with van der Waals surface area (Å²) in [5, 5.41) is 0. The summed E-state index contributed by atoms with van der Waals surface area (Å²) in [6, 6.07) is 19.5. The SMILES string of the molecule is CO[C@@]1(c2ccccc2)OC(c2ccccc2)=N[C@@]1(C)OC. The van der Waals surface area contributed by atoms with Crippen LogP contribution in [-0.4, -0.2) is 25.8 Å². The van der Waals surface area contributed by atoms with Gasteiger partial charge in [0.15, 0.2) is 0 Å². The summed E-state index contributed by atoms with van der Waals surface area (Å²) in [7, 11) is 3.21. The minimum Gasteiger partial charge on any atom is -0.435 e. The lowest BCUT2D eigenvalue weighted by atomic mass is 9.96. The van der Waals surface area contributed by atoms with Crippen LogP contribution in [0.25, 0.3) is 0 Å². The Kier molecular flexibility index (Phi) is 3.72. The summed E-state index contributed by atoms with van der Waals surface area (Å²) in [6.07, 6.45) is 0. The smallest absolute Gasteiger partial charge is 0.288 e. The highest BCUT2D eigenvalue weighted by molar-refractivity contribution is 5.95. The predicted octanol–water partition coefficient (Wildman–Crippen LogP) is 3.33. The van der Waals surface area contributed by atoms with Gasteiger partial charge in [0.05, 0.1) is 0 Å². The molecule has 2 atom stereocenters. The average molecular weight is 297 g/mol. The molecule has 2 aromatic carbocycles. The zero-order valence-electron chi connectivity index (χ0n) is 12.9. The van der Waals surface area contributed by atoms with Gasteiger partial charge in [-0.25, -0.2) is 4.99 Å². The number of hydrogen-bond donors (Lipinski definition) is 0. The molecule has 0 saturated heterocycles. The first kappa shape index (κ1) is 14.8. The maximum Gasteiger partial charge on any atom is 0.288 e. The van der Waals surface area contributed by atoms with Crippen molar-refractivity contribution in [3.63, 3.8) is 0 Å². The van der Waals surface area contributed by atoms with E-state index in [1.807, 2.05) is 67.6 Å². The van der Waals surface area contributed by atoms with Crippen molar-refractivity contribution < 1.29 is 14.2 Å². The Balaban J connectivity index is 2.10. The topological polar surface area (TPSA) is 40.0 Å². The third-order valence-electron chi connectivity index (χ3n) is 4.03. The van der Waals surface area contributed by atoms with Gasteiger partial charge in [-0.05, 0) is 19.1 Å². The molecule has 0 unspecified atom stereocenters. The summed E-state index contributed by atoms with van der Waals surface area (Å²) in [6.45, 7) is 1.86. The van der Waals surface area contributed by atoms with E-state index in [9.17, 15) is 0 Å². The highest BCUT2D eigenvalue weighted by atomic mass is 16.7. The summed E-state index contributed by atoms with van der Waals surface area (Å²) in [5.41, 5.74) is 0.769. The van der Waals surface area contributed by atoms with Gasteiger partial charge in [-0.1, -0.05) is 48.5 Å². The molecule has 0 aromatic heterocycles. The van der Waals surface area contributed by atoms with Crippen LogP contribution in [0, 0.1) is 0 Å². The Morgan fingerprint density at radius 2 is 1.45 bits per heavy atom. The van der Waals surface area contributed by atoms with Crippen LogP contribution >= 0.6 is 0 Å². The molecule has 2 aromatic rings. The zero-order chi connectivity index (χ0) is 15.6. The fraction of sp³-hybridized carbons (Fsp3) is 0.278. The molecule has 4 nitrogen and oxygen atoms in total. The van der Waals surface area contributed by atoms with E-state index in [1.165, 1.54) is 0 Å². The minimum atomic E-state index is -1.12. The van der Waals surface area contributed by atoms with E-state index in [0.29, 0.717) is 5.90 Å². The van der Waals surface area contributed by atoms with E-state index in [-0.39, 0.29) is 0 Å². The van der Waals surface area contributed by atoms with Gasteiger partial charge in [0.2, 0.25) is 11.6 Å². The Labute approximate surface area is 130 Å². The standard InChI is InChI=1S/C18H19NO3/c1-17(20-2)18(21-3,15-12-8-5-9-13-15)22-16(19-17)14-10-6-4-7-11-14/h4-13H,1-3H3/t17-,18-/m0/s1. The lowest BCUT2D eigenvalue weighted by molar-refractivity contribution is -0.271. The fourth-order valence-corrected chi connectivity index (χ4v) is 2.74. The highest BCUT2D eigenvalue weighted by Gasteiger charge is 2.59. The van der Waals surface area contributed by atoms with Crippen molar-refractivity contribution in [3.05, 3.63) is 71.8 Å². The maximum atomic E-state index is 6.18. The molecule has 0 saturated carbocycles. The van der Waals surface area contributed by atoms with Crippen LogP contribution in [0.15, 0.2) is 65.7 Å². The summed E-state index contributed by atoms with van der Waals surface area (Å²) in [4.78, 5) is 4.66. The summed E-state index contributed by atoms with van der Waals surface area (Å²) in [5.74, 6) is -0.607. The molecule has 0 amide bonds. The van der Waals surface area contributed by atoms with Gasteiger partial charge >= 0.3 is 0 Å². The summed E-state index contributed by atoms with van der Waals surface area (Å²) < 4.78 is 17.6. The van der Waals surface area contributed by atoms with Gasteiger partial charge in [-0.3, -0.25) is 0 Å². The lowest BCUT2D eigenvalue weighted by Crippen LogP contribution is -2.49. The molecule has 4 heteroatoms. The van der Waals surface area contributed by atoms with Crippen LogP contribution in [0.1, 0.15) is 18.1 Å². The minimum absolute atomic E-state index is 0.510. The molecule has 114 valence electrons. The molecule has 0 aliphatic carbocycles. The molecule has 0 N–H and O–H groups in total. The maximum absolute atomic E-state index is 6.18. The van der Waals surface area contributed by atoms with Crippen LogP contribution in [0.5, 0.6) is 0 Å². The number of ether oxygens (including phenoxy) is 3. The molecule has 3 rings (SSSR count). The third-order valence-corrected chi connectivity index (χ3v) is 4.03. The molecule has 0 radical (unpaired) electrons. The normalized spacial score (nSPS) is 27.3. The Bertz CT molecular complexity index is 671. The molecule has 1 heterocycles. The molecule has 0 bridgehead atoms. The number of methoxy groups -OCH3 is 2. The van der Waals surface area contributed by atoms with Crippen LogP contribution in [0.3, 0.4) is 0 Å². The molecule has 1 aliphatic heterocycles. The van der Waals surface area contributed by atoms with E-state index >= 15 is 0 Å². The number of benzene rings is 2. The largest absolute Gasteiger partial charge is 0.435 e. The molecular formula is C18H19NO3. The van der Waals surface area contributed by atoms with Crippen molar-refractivity contribution in [1.29, 1.82) is 0 Å². The Morgan fingerprint density at radius 1 is 0.864 bits per heavy atom. The summed E-state index contributed by atoms with van der Waals surface area (Å²) >= 11 is 0. The second kappa shape index (κ2) is 5.55. The molecular weight excluding hydrogens is 278 g/mol. The average Bonchev–Trinajstić information content (AvgIpc) is 2.91. The third kappa shape index (κ3) is 2.12. The second-order valence-corrected chi connectivity index (χ2v) is 5.26. The van der Waals surface area contributed by atoms with Gasteiger partial charge < -0.3 is 14.2 Å². The van der Waals surface area contributed by atoms with Gasteiger partial charge in [-0.2, -0.15) is 0 Å². The number of nitrogens with zero attached hydrogens (tertiary/aromatic N) is 1. The first-order chi connectivity index (χ1) is 10.6. The van der Waals surface area contributed by atoms with Crippen LogP contribution < -0.4 is 0 Å². The molecule has 0 spiro atoms. The quantitative estimate of drug-likeness (QED) is 0.869. The van der Waals surface area contributed by atoms with Crippen molar-refractivity contribution in [3.8, 4) is 0 Å². The van der Waals surface area contributed by atoms with E-state index < -0.39 is 11.5 Å². The van der Waals surface area contributed by atoms with Crippen molar-refractivity contribution in [2.45, 2.75) is 18.4 Å². The van der Waals surface area contributed by atoms with Crippen molar-refractivity contribution in [2.75, 3.05) is 14.2 Å². The first-order valence-electron chi connectivity index (χ1n) is 7.15. The molecule has 22 heavy (non-hydrogen) atoms. The number of aliphatic imine (C=N–C) groups is 1. The van der Waals surface area contributed by atoms with Gasteiger partial charge in [0.25, 0.3) is 5.79 Å². The van der Waals surface area contributed by atoms with Gasteiger partial charge in [0, 0.05) is 25.3 Å². The second-order valence-electron chi connectivity index (χ2n) is 5.26.